The Morgan fingerprint density at radius 3 is 1.96 bits per heavy atom. The Hall–Kier alpha value is -2.66. The maximum absolute atomic E-state index is 11.6. The molecule has 0 aliphatic rings. The zero-order valence-electron chi connectivity index (χ0n) is 13.0. The molecule has 0 bridgehead atoms. The molecular formula is C16H12N2O6S2. The highest BCUT2D eigenvalue weighted by Crippen LogP contribution is 2.34. The van der Waals surface area contributed by atoms with Gasteiger partial charge >= 0.3 is 0 Å². The Labute approximate surface area is 149 Å². The molecule has 0 fully saturated rings. The van der Waals surface area contributed by atoms with Crippen LogP contribution in [-0.2, 0) is 20.2 Å². The summed E-state index contributed by atoms with van der Waals surface area (Å²) in [6.07, 6.45) is 0. The van der Waals surface area contributed by atoms with Crippen LogP contribution in [-0.4, -0.2) is 25.9 Å². The van der Waals surface area contributed by atoms with E-state index in [4.69, 9.17) is 4.55 Å². The molecule has 0 saturated heterocycles. The average Bonchev–Trinajstić information content (AvgIpc) is 2.58. The molecule has 134 valence electrons. The fourth-order valence-corrected chi connectivity index (χ4v) is 3.45. The van der Waals surface area contributed by atoms with Gasteiger partial charge in [0, 0.05) is 5.39 Å². The summed E-state index contributed by atoms with van der Waals surface area (Å²) in [6.45, 7) is 0. The predicted molar refractivity (Wildman–Crippen MR) is 94.2 cm³/mol. The first-order chi connectivity index (χ1) is 12.2. The minimum atomic E-state index is -4.52. The van der Waals surface area contributed by atoms with Gasteiger partial charge in [-0.05, 0) is 35.7 Å². The van der Waals surface area contributed by atoms with Crippen LogP contribution in [0.15, 0.2) is 80.7 Å². The van der Waals surface area contributed by atoms with Crippen LogP contribution < -0.4 is 0 Å². The van der Waals surface area contributed by atoms with E-state index in [1.54, 1.807) is 30.3 Å². The number of fused-ring (bicyclic) bond motifs is 1. The van der Waals surface area contributed by atoms with Crippen LogP contribution in [0.5, 0.6) is 0 Å². The number of hydrogen-bond donors (Lipinski definition) is 2. The molecule has 0 unspecified atom stereocenters. The first kappa shape index (κ1) is 18.1. The SMILES string of the molecule is O=S(=O)(O)c1ccc(N=Nc2c(S(=O)(=O)O)ccc3ccccc23)cc1. The Balaban J connectivity index is 2.11. The molecule has 0 radical (unpaired) electrons. The third-order valence-electron chi connectivity index (χ3n) is 3.54. The second kappa shape index (κ2) is 6.57. The van der Waals surface area contributed by atoms with E-state index in [1.807, 2.05) is 0 Å². The van der Waals surface area contributed by atoms with Crippen LogP contribution in [0.1, 0.15) is 0 Å². The summed E-state index contributed by atoms with van der Waals surface area (Å²) >= 11 is 0. The molecule has 0 aliphatic heterocycles. The molecule has 0 atom stereocenters. The summed E-state index contributed by atoms with van der Waals surface area (Å²) < 4.78 is 63.7. The van der Waals surface area contributed by atoms with Crippen molar-refractivity contribution in [1.29, 1.82) is 0 Å². The minimum Gasteiger partial charge on any atom is -0.282 e. The molecule has 3 rings (SSSR count). The van der Waals surface area contributed by atoms with Gasteiger partial charge in [-0.1, -0.05) is 30.3 Å². The standard InChI is InChI=1S/C16H12N2O6S2/c19-25(20,21)13-8-6-12(7-9-13)17-18-16-14-4-2-1-3-11(14)5-10-15(16)26(22,23)24/h1-10H,(H,19,20,21)(H,22,23,24). The number of nitrogens with zero attached hydrogens (tertiary/aromatic N) is 2. The van der Waals surface area contributed by atoms with Crippen LogP contribution in [0.3, 0.4) is 0 Å². The lowest BCUT2D eigenvalue weighted by molar-refractivity contribution is 0.481. The molecule has 0 amide bonds. The first-order valence-electron chi connectivity index (χ1n) is 7.15. The van der Waals surface area contributed by atoms with Crippen molar-refractivity contribution in [2.24, 2.45) is 10.2 Å². The molecular weight excluding hydrogens is 380 g/mol. The summed E-state index contributed by atoms with van der Waals surface area (Å²) in [5, 5.41) is 9.01. The van der Waals surface area contributed by atoms with E-state index in [1.165, 1.54) is 18.2 Å². The van der Waals surface area contributed by atoms with Crippen LogP contribution in [0.4, 0.5) is 11.4 Å². The molecule has 0 heterocycles. The Morgan fingerprint density at radius 2 is 1.35 bits per heavy atom. The lowest BCUT2D eigenvalue weighted by Gasteiger charge is -2.06. The summed E-state index contributed by atoms with van der Waals surface area (Å²) in [4.78, 5) is -0.699. The molecule has 3 aromatic rings. The second-order valence-corrected chi connectivity index (χ2v) is 8.09. The third-order valence-corrected chi connectivity index (χ3v) is 5.29. The van der Waals surface area contributed by atoms with Crippen molar-refractivity contribution >= 4 is 42.4 Å². The minimum absolute atomic E-state index is 0.0375. The van der Waals surface area contributed by atoms with Crippen LogP contribution in [0, 0.1) is 0 Å². The van der Waals surface area contributed by atoms with Gasteiger partial charge in [-0.3, -0.25) is 9.11 Å². The highest BCUT2D eigenvalue weighted by molar-refractivity contribution is 7.86. The first-order valence-corrected chi connectivity index (χ1v) is 10.0. The molecule has 3 aromatic carbocycles. The maximum Gasteiger partial charge on any atom is 0.296 e. The van der Waals surface area contributed by atoms with Gasteiger partial charge in [0.15, 0.2) is 0 Å². The van der Waals surface area contributed by atoms with Gasteiger partial charge in [0.05, 0.1) is 10.6 Å². The van der Waals surface area contributed by atoms with E-state index in [9.17, 15) is 21.4 Å². The fourth-order valence-electron chi connectivity index (χ4n) is 2.34. The number of rotatable bonds is 4. The van der Waals surface area contributed by atoms with E-state index in [2.05, 4.69) is 10.2 Å². The molecule has 8 nitrogen and oxygen atoms in total. The van der Waals surface area contributed by atoms with Gasteiger partial charge in [-0.2, -0.15) is 21.9 Å². The predicted octanol–water partition coefficient (Wildman–Crippen LogP) is 3.75. The van der Waals surface area contributed by atoms with Crippen LogP contribution in [0.25, 0.3) is 10.8 Å². The smallest absolute Gasteiger partial charge is 0.282 e. The number of azo groups is 1. The molecule has 0 aromatic heterocycles. The molecule has 0 spiro atoms. The Kier molecular flexibility index (Phi) is 4.59. The molecule has 0 aliphatic carbocycles. The topological polar surface area (TPSA) is 133 Å². The third kappa shape index (κ3) is 3.78. The van der Waals surface area contributed by atoms with Gasteiger partial charge in [-0.15, -0.1) is 5.11 Å². The van der Waals surface area contributed by atoms with Crippen molar-refractivity contribution in [3.8, 4) is 0 Å². The van der Waals surface area contributed by atoms with Crippen LogP contribution >= 0.6 is 0 Å². The highest BCUT2D eigenvalue weighted by atomic mass is 32.2. The monoisotopic (exact) mass is 392 g/mol. The van der Waals surface area contributed by atoms with Crippen molar-refractivity contribution in [3.05, 3.63) is 60.7 Å². The zero-order valence-corrected chi connectivity index (χ0v) is 14.6. The van der Waals surface area contributed by atoms with E-state index in [0.29, 0.717) is 10.8 Å². The summed E-state index contributed by atoms with van der Waals surface area (Å²) in [5.74, 6) is 0. The van der Waals surface area contributed by atoms with Crippen molar-refractivity contribution in [2.75, 3.05) is 0 Å². The number of hydrogen-bond acceptors (Lipinski definition) is 6. The highest BCUT2D eigenvalue weighted by Gasteiger charge is 2.18. The zero-order chi connectivity index (χ0) is 18.9. The average molecular weight is 392 g/mol. The summed E-state index contributed by atoms with van der Waals surface area (Å²) in [5.41, 5.74) is 0.191. The van der Waals surface area contributed by atoms with E-state index in [-0.39, 0.29) is 16.3 Å². The number of benzene rings is 3. The maximum atomic E-state index is 11.6. The van der Waals surface area contributed by atoms with Gasteiger partial charge in [-0.25, -0.2) is 0 Å². The van der Waals surface area contributed by atoms with E-state index < -0.39 is 25.1 Å². The quantitative estimate of drug-likeness (QED) is 0.513. The van der Waals surface area contributed by atoms with Gasteiger partial charge in [0.1, 0.15) is 10.6 Å². The molecule has 0 saturated carbocycles. The summed E-state index contributed by atoms with van der Waals surface area (Å²) in [6, 6.07) is 14.5. The van der Waals surface area contributed by atoms with E-state index in [0.717, 1.165) is 12.1 Å². The lowest BCUT2D eigenvalue weighted by Crippen LogP contribution is -1.98. The van der Waals surface area contributed by atoms with Crippen LogP contribution in [0.2, 0.25) is 0 Å². The lowest BCUT2D eigenvalue weighted by atomic mass is 10.1. The summed E-state index contributed by atoms with van der Waals surface area (Å²) in [7, 11) is -8.85. The van der Waals surface area contributed by atoms with Crippen molar-refractivity contribution in [3.63, 3.8) is 0 Å². The Morgan fingerprint density at radius 1 is 0.692 bits per heavy atom. The molecule has 26 heavy (non-hydrogen) atoms. The van der Waals surface area contributed by atoms with Gasteiger partial charge in [0.25, 0.3) is 20.2 Å². The van der Waals surface area contributed by atoms with Crippen molar-refractivity contribution in [1.82, 2.24) is 0 Å². The largest absolute Gasteiger partial charge is 0.296 e. The molecule has 2 N–H and O–H groups in total. The van der Waals surface area contributed by atoms with E-state index >= 15 is 0 Å². The Bertz CT molecular complexity index is 1220. The van der Waals surface area contributed by atoms with Crippen molar-refractivity contribution < 1.29 is 25.9 Å². The normalized spacial score (nSPS) is 12.7. The van der Waals surface area contributed by atoms with Crippen molar-refractivity contribution in [2.45, 2.75) is 9.79 Å². The second-order valence-electron chi connectivity index (χ2n) is 5.28. The van der Waals surface area contributed by atoms with Gasteiger partial charge < -0.3 is 0 Å². The fraction of sp³-hybridized carbons (Fsp3) is 0. The molecule has 10 heteroatoms. The van der Waals surface area contributed by atoms with Gasteiger partial charge in [0.2, 0.25) is 0 Å².